The summed E-state index contributed by atoms with van der Waals surface area (Å²) in [6.45, 7) is 5.94. The van der Waals surface area contributed by atoms with Gasteiger partial charge < -0.3 is 10.6 Å². The Morgan fingerprint density at radius 1 is 1.14 bits per heavy atom. The fraction of sp³-hybridized carbons (Fsp3) is 0.261. The van der Waals surface area contributed by atoms with Crippen LogP contribution in [0.2, 0.25) is 5.02 Å². The minimum absolute atomic E-state index is 0.214. The zero-order valence-corrected chi connectivity index (χ0v) is 17.4. The zero-order chi connectivity index (χ0) is 20.8. The van der Waals surface area contributed by atoms with E-state index in [1.54, 1.807) is 24.4 Å². The third-order valence-corrected chi connectivity index (χ3v) is 5.05. The highest BCUT2D eigenvalue weighted by atomic mass is 35.5. The van der Waals surface area contributed by atoms with Gasteiger partial charge in [0.1, 0.15) is 17.3 Å². The standard InChI is InChI=1S/C23H25ClN4O/c1-3-14-28(15-16(2)17-9-11-18(24)12-10-17)21-8-4-7-20(27-21)22(29)19-6-5-13-26-23(19)25/h4-13,16H,3,14-15H2,1-2H3,(H2,25,26). The van der Waals surface area contributed by atoms with Gasteiger partial charge in [-0.1, -0.05) is 43.6 Å². The fourth-order valence-corrected chi connectivity index (χ4v) is 3.40. The topological polar surface area (TPSA) is 72.1 Å². The normalized spacial score (nSPS) is 11.8. The molecular weight excluding hydrogens is 384 g/mol. The Labute approximate surface area is 176 Å². The number of halogens is 1. The summed E-state index contributed by atoms with van der Waals surface area (Å²) in [5.74, 6) is 1.06. The number of hydrogen-bond acceptors (Lipinski definition) is 5. The number of nitrogen functional groups attached to an aromatic ring is 1. The lowest BCUT2D eigenvalue weighted by atomic mass is 10.0. The molecule has 150 valence electrons. The summed E-state index contributed by atoms with van der Waals surface area (Å²) in [7, 11) is 0. The lowest BCUT2D eigenvalue weighted by Crippen LogP contribution is -2.29. The minimum atomic E-state index is -0.223. The highest BCUT2D eigenvalue weighted by molar-refractivity contribution is 6.30. The van der Waals surface area contributed by atoms with Crippen LogP contribution in [0.4, 0.5) is 11.6 Å². The van der Waals surface area contributed by atoms with Crippen molar-refractivity contribution in [3.8, 4) is 0 Å². The van der Waals surface area contributed by atoms with Crippen LogP contribution in [0.5, 0.6) is 0 Å². The molecule has 3 rings (SSSR count). The maximum Gasteiger partial charge on any atom is 0.215 e. The van der Waals surface area contributed by atoms with Crippen molar-refractivity contribution in [1.29, 1.82) is 0 Å². The number of ketones is 1. The van der Waals surface area contributed by atoms with Gasteiger partial charge in [0.05, 0.1) is 5.56 Å². The summed E-state index contributed by atoms with van der Waals surface area (Å²) in [5.41, 5.74) is 7.81. The Balaban J connectivity index is 1.84. The molecule has 0 aliphatic carbocycles. The second kappa shape index (κ2) is 9.52. The molecule has 29 heavy (non-hydrogen) atoms. The van der Waals surface area contributed by atoms with Crippen molar-refractivity contribution in [2.75, 3.05) is 23.7 Å². The second-order valence-electron chi connectivity index (χ2n) is 7.04. The average molecular weight is 409 g/mol. The van der Waals surface area contributed by atoms with Crippen LogP contribution in [0.25, 0.3) is 0 Å². The molecule has 0 bridgehead atoms. The van der Waals surface area contributed by atoms with Crippen LogP contribution < -0.4 is 10.6 Å². The Hall–Kier alpha value is -2.92. The lowest BCUT2D eigenvalue weighted by Gasteiger charge is -2.27. The molecular formula is C23H25ClN4O. The van der Waals surface area contributed by atoms with Crippen LogP contribution in [0.15, 0.2) is 60.8 Å². The third-order valence-electron chi connectivity index (χ3n) is 4.80. The maximum absolute atomic E-state index is 12.9. The molecule has 0 saturated carbocycles. The van der Waals surface area contributed by atoms with E-state index in [0.29, 0.717) is 11.3 Å². The lowest BCUT2D eigenvalue weighted by molar-refractivity contribution is 0.103. The summed E-state index contributed by atoms with van der Waals surface area (Å²) in [6, 6.07) is 16.8. The number of carbonyl (C=O) groups excluding carboxylic acids is 1. The summed E-state index contributed by atoms with van der Waals surface area (Å²) in [4.78, 5) is 23.7. The number of rotatable bonds is 8. The van der Waals surface area contributed by atoms with Gasteiger partial charge in [-0.05, 0) is 54.3 Å². The molecule has 2 N–H and O–H groups in total. The van der Waals surface area contributed by atoms with E-state index in [2.05, 4.69) is 40.8 Å². The number of pyridine rings is 2. The number of anilines is 2. The Kier molecular flexibility index (Phi) is 6.83. The number of hydrogen-bond donors (Lipinski definition) is 1. The minimum Gasteiger partial charge on any atom is -0.383 e. The van der Waals surface area contributed by atoms with Gasteiger partial charge in [0.15, 0.2) is 0 Å². The van der Waals surface area contributed by atoms with E-state index in [-0.39, 0.29) is 17.5 Å². The first kappa shape index (κ1) is 20.8. The van der Waals surface area contributed by atoms with Gasteiger partial charge in [-0.3, -0.25) is 4.79 Å². The monoisotopic (exact) mass is 408 g/mol. The highest BCUT2D eigenvalue weighted by Gasteiger charge is 2.18. The molecule has 3 aromatic rings. The maximum atomic E-state index is 12.9. The van der Waals surface area contributed by atoms with Crippen molar-refractivity contribution in [2.45, 2.75) is 26.2 Å². The van der Waals surface area contributed by atoms with E-state index in [1.807, 2.05) is 24.3 Å². The average Bonchev–Trinajstić information content (AvgIpc) is 2.74. The van der Waals surface area contributed by atoms with E-state index in [1.165, 1.54) is 5.56 Å². The SMILES string of the molecule is CCCN(CC(C)c1ccc(Cl)cc1)c1cccc(C(=O)c2cccnc2N)n1. The highest BCUT2D eigenvalue weighted by Crippen LogP contribution is 2.23. The molecule has 0 amide bonds. The number of carbonyl (C=O) groups is 1. The first-order valence-electron chi connectivity index (χ1n) is 9.72. The van der Waals surface area contributed by atoms with E-state index < -0.39 is 0 Å². The zero-order valence-electron chi connectivity index (χ0n) is 16.7. The molecule has 1 atom stereocenters. The molecule has 1 unspecified atom stereocenters. The van der Waals surface area contributed by atoms with E-state index in [4.69, 9.17) is 17.3 Å². The van der Waals surface area contributed by atoms with Crippen LogP contribution in [0.3, 0.4) is 0 Å². The van der Waals surface area contributed by atoms with Gasteiger partial charge >= 0.3 is 0 Å². The van der Waals surface area contributed by atoms with Gasteiger partial charge in [0, 0.05) is 24.3 Å². The third kappa shape index (κ3) is 5.12. The van der Waals surface area contributed by atoms with E-state index in [0.717, 1.165) is 30.4 Å². The molecule has 0 saturated heterocycles. The van der Waals surface area contributed by atoms with Crippen molar-refractivity contribution < 1.29 is 4.79 Å². The number of nitrogens with two attached hydrogens (primary N) is 1. The summed E-state index contributed by atoms with van der Waals surface area (Å²) in [6.07, 6.45) is 2.54. The quantitative estimate of drug-likeness (QED) is 0.533. The van der Waals surface area contributed by atoms with Gasteiger partial charge in [0.25, 0.3) is 0 Å². The largest absolute Gasteiger partial charge is 0.383 e. The summed E-state index contributed by atoms with van der Waals surface area (Å²) < 4.78 is 0. The van der Waals surface area contributed by atoms with Crippen LogP contribution in [-0.4, -0.2) is 28.8 Å². The predicted octanol–water partition coefficient (Wildman–Crippen LogP) is 4.96. The molecule has 6 heteroatoms. The van der Waals surface area contributed by atoms with Gasteiger partial charge in [0.2, 0.25) is 5.78 Å². The van der Waals surface area contributed by atoms with Gasteiger partial charge in [-0.2, -0.15) is 0 Å². The van der Waals surface area contributed by atoms with E-state index >= 15 is 0 Å². The first-order valence-corrected chi connectivity index (χ1v) is 10.1. The van der Waals surface area contributed by atoms with Gasteiger partial charge in [-0.15, -0.1) is 0 Å². The number of aromatic nitrogens is 2. The number of benzene rings is 1. The molecule has 2 heterocycles. The van der Waals surface area contributed by atoms with Crippen molar-refractivity contribution in [2.24, 2.45) is 0 Å². The molecule has 0 fully saturated rings. The molecule has 0 aliphatic heterocycles. The van der Waals surface area contributed by atoms with Crippen LogP contribution >= 0.6 is 11.6 Å². The molecule has 0 aliphatic rings. The Morgan fingerprint density at radius 2 is 1.90 bits per heavy atom. The predicted molar refractivity (Wildman–Crippen MR) is 119 cm³/mol. The molecule has 2 aromatic heterocycles. The van der Waals surface area contributed by atoms with Crippen LogP contribution in [-0.2, 0) is 0 Å². The van der Waals surface area contributed by atoms with Crippen LogP contribution in [0.1, 0.15) is 47.8 Å². The van der Waals surface area contributed by atoms with Crippen LogP contribution in [0, 0.1) is 0 Å². The van der Waals surface area contributed by atoms with E-state index in [9.17, 15) is 4.79 Å². The summed E-state index contributed by atoms with van der Waals surface area (Å²) in [5, 5.41) is 0.730. The van der Waals surface area contributed by atoms with Crippen molar-refractivity contribution in [3.63, 3.8) is 0 Å². The molecule has 1 aromatic carbocycles. The van der Waals surface area contributed by atoms with Crippen molar-refractivity contribution in [1.82, 2.24) is 9.97 Å². The first-order chi connectivity index (χ1) is 14.0. The van der Waals surface area contributed by atoms with Crippen molar-refractivity contribution >= 4 is 29.0 Å². The molecule has 0 radical (unpaired) electrons. The smallest absolute Gasteiger partial charge is 0.215 e. The van der Waals surface area contributed by atoms with Gasteiger partial charge in [-0.25, -0.2) is 9.97 Å². The Bertz CT molecular complexity index is 975. The Morgan fingerprint density at radius 3 is 2.59 bits per heavy atom. The van der Waals surface area contributed by atoms with Crippen molar-refractivity contribution in [3.05, 3.63) is 82.6 Å². The second-order valence-corrected chi connectivity index (χ2v) is 7.48. The number of nitrogens with zero attached hydrogens (tertiary/aromatic N) is 3. The molecule has 5 nitrogen and oxygen atoms in total. The fourth-order valence-electron chi connectivity index (χ4n) is 3.27. The molecule has 0 spiro atoms. The summed E-state index contributed by atoms with van der Waals surface area (Å²) >= 11 is 6.01.